The van der Waals surface area contributed by atoms with Crippen molar-refractivity contribution in [1.82, 2.24) is 0 Å². The van der Waals surface area contributed by atoms with Crippen molar-refractivity contribution in [3.05, 3.63) is 12.3 Å². The molecule has 0 radical (unpaired) electrons. The number of allylic oxidation sites excluding steroid dienone is 1. The molecule has 0 aromatic rings. The highest BCUT2D eigenvalue weighted by atomic mass is 32.2. The average Bonchev–Trinajstić information content (AvgIpc) is 1.69. The first-order valence-electron chi connectivity index (χ1n) is 1.85. The van der Waals surface area contributed by atoms with E-state index in [0.717, 1.165) is 15.7 Å². The Kier molecular flexibility index (Phi) is 1.70. The first kappa shape index (κ1) is 5.12. The van der Waals surface area contributed by atoms with Gasteiger partial charge in [-0.1, -0.05) is 0 Å². The summed E-state index contributed by atoms with van der Waals surface area (Å²) in [6, 6.07) is 0. The zero-order valence-corrected chi connectivity index (χ0v) is 5.36. The molecule has 1 rings (SSSR count). The Morgan fingerprint density at radius 1 is 1.71 bits per heavy atom. The Labute approximate surface area is 51.5 Å². The van der Waals surface area contributed by atoms with Crippen LogP contribution in [0.3, 0.4) is 0 Å². The van der Waals surface area contributed by atoms with Gasteiger partial charge in [0.15, 0.2) is 0 Å². The molecule has 1 aliphatic rings. The van der Waals surface area contributed by atoms with Gasteiger partial charge in [0.05, 0.1) is 0 Å². The first-order valence-corrected chi connectivity index (χ1v) is 3.26. The molecular weight excluding hydrogens is 126 g/mol. The lowest BCUT2D eigenvalue weighted by Crippen LogP contribution is -1.76. The predicted octanol–water partition coefficient (Wildman–Crippen LogP) is 1.07. The molecule has 1 nitrogen and oxygen atoms in total. The summed E-state index contributed by atoms with van der Waals surface area (Å²) in [5.41, 5.74) is 0. The molecule has 0 aromatic heterocycles. The van der Waals surface area contributed by atoms with Crippen molar-refractivity contribution in [3.63, 3.8) is 0 Å². The monoisotopic (exact) mass is 131 g/mol. The molecule has 0 fully saturated rings. The number of rotatable bonds is 0. The van der Waals surface area contributed by atoms with Gasteiger partial charge in [-0.05, 0) is 11.4 Å². The molecular formula is C4H5NS2. The molecule has 7 heavy (non-hydrogen) atoms. The van der Waals surface area contributed by atoms with Crippen LogP contribution >= 0.6 is 24.0 Å². The summed E-state index contributed by atoms with van der Waals surface area (Å²) in [5.74, 6) is 0. The Bertz CT molecular complexity index is 146. The van der Waals surface area contributed by atoms with Gasteiger partial charge in [-0.3, -0.25) is 0 Å². The third kappa shape index (κ3) is 1.49. The second-order valence-electron chi connectivity index (χ2n) is 1.05. The predicted molar refractivity (Wildman–Crippen MR) is 40.6 cm³/mol. The number of hydrogen-bond donors (Lipinski definition) is 2. The van der Waals surface area contributed by atoms with Gasteiger partial charge in [0.2, 0.25) is 0 Å². The van der Waals surface area contributed by atoms with E-state index < -0.39 is 0 Å². The molecule has 0 spiro atoms. The van der Waals surface area contributed by atoms with Crippen LogP contribution in [0.25, 0.3) is 0 Å². The van der Waals surface area contributed by atoms with Crippen LogP contribution in [-0.2, 0) is 0 Å². The maximum Gasteiger partial charge on any atom is 0.118 e. The van der Waals surface area contributed by atoms with Crippen LogP contribution < -0.4 is 0 Å². The van der Waals surface area contributed by atoms with Crippen LogP contribution in [0.15, 0.2) is 17.3 Å². The van der Waals surface area contributed by atoms with Crippen LogP contribution in [0.1, 0.15) is 0 Å². The largest absolute Gasteiger partial charge is 0.244 e. The smallest absolute Gasteiger partial charge is 0.118 e. The van der Waals surface area contributed by atoms with Crippen LogP contribution in [-0.4, -0.2) is 9.74 Å². The van der Waals surface area contributed by atoms with Crippen LogP contribution in [0.2, 0.25) is 0 Å². The molecule has 38 valence electrons. The molecule has 1 heterocycles. The lowest BCUT2D eigenvalue weighted by atomic mass is 10.7. The lowest BCUT2D eigenvalue weighted by molar-refractivity contribution is 1.62. The molecule has 0 bridgehead atoms. The van der Waals surface area contributed by atoms with E-state index in [2.05, 4.69) is 17.6 Å². The fourth-order valence-electron chi connectivity index (χ4n) is 0.291. The molecule has 0 unspecified atom stereocenters. The number of nitrogens with zero attached hydrogens (tertiary/aromatic N) is 1. The van der Waals surface area contributed by atoms with E-state index in [1.807, 2.05) is 11.4 Å². The zero-order chi connectivity index (χ0) is 5.11. The van der Waals surface area contributed by atoms with Crippen molar-refractivity contribution >= 4 is 33.7 Å². The Hall–Kier alpha value is -0.0200. The third-order valence-corrected chi connectivity index (χ3v) is 1.68. The molecule has 0 N–H and O–H groups in total. The van der Waals surface area contributed by atoms with E-state index in [1.54, 1.807) is 6.20 Å². The summed E-state index contributed by atoms with van der Waals surface area (Å²) in [7, 11) is 0. The molecule has 0 saturated carbocycles. The highest BCUT2D eigenvalue weighted by molar-refractivity contribution is 8.31. The Morgan fingerprint density at radius 3 is 2.86 bits per heavy atom. The minimum Gasteiger partial charge on any atom is -0.244 e. The zero-order valence-electron chi connectivity index (χ0n) is 3.57. The van der Waals surface area contributed by atoms with Crippen molar-refractivity contribution in [2.75, 3.05) is 0 Å². The molecule has 0 amide bonds. The number of thiol groups is 2. The highest BCUT2D eigenvalue weighted by Gasteiger charge is 1.80. The van der Waals surface area contributed by atoms with Crippen molar-refractivity contribution in [2.45, 2.75) is 0 Å². The van der Waals surface area contributed by atoms with Crippen molar-refractivity contribution in [2.24, 2.45) is 4.99 Å². The van der Waals surface area contributed by atoms with Crippen LogP contribution in [0, 0.1) is 0 Å². The van der Waals surface area contributed by atoms with Gasteiger partial charge >= 0.3 is 0 Å². The third-order valence-electron chi connectivity index (χ3n) is 0.552. The van der Waals surface area contributed by atoms with Gasteiger partial charge in [-0.25, -0.2) is 4.99 Å². The average molecular weight is 131 g/mol. The number of hydrogen-bond acceptors (Lipinski definition) is 1. The normalized spacial score (nSPS) is 18.1. The summed E-state index contributed by atoms with van der Waals surface area (Å²) < 4.78 is 0.863. The summed E-state index contributed by atoms with van der Waals surface area (Å²) in [4.78, 5) is 3.89. The van der Waals surface area contributed by atoms with Crippen molar-refractivity contribution in [3.8, 4) is 0 Å². The molecule has 0 aromatic carbocycles. The van der Waals surface area contributed by atoms with E-state index in [4.69, 9.17) is 0 Å². The van der Waals surface area contributed by atoms with E-state index in [0.29, 0.717) is 0 Å². The standard InChI is InChI=1S/C4H5NS2/c6-4-5-2-1-3-7-4/h1-3,7H,(H,5,6). The van der Waals surface area contributed by atoms with E-state index in [9.17, 15) is 0 Å². The second-order valence-corrected chi connectivity index (χ2v) is 2.81. The maximum absolute atomic E-state index is 4.02. The minimum absolute atomic E-state index is 0.863. The van der Waals surface area contributed by atoms with Gasteiger partial charge < -0.3 is 0 Å². The van der Waals surface area contributed by atoms with Gasteiger partial charge in [-0.15, -0.1) is 24.0 Å². The minimum atomic E-state index is 0.863. The molecule has 0 atom stereocenters. The quantitative estimate of drug-likeness (QED) is 0.360. The Balaban J connectivity index is 2.82. The van der Waals surface area contributed by atoms with Crippen LogP contribution in [0.5, 0.6) is 0 Å². The molecule has 1 aliphatic heterocycles. The summed E-state index contributed by atoms with van der Waals surface area (Å²) in [6.45, 7) is 0. The maximum atomic E-state index is 4.02. The van der Waals surface area contributed by atoms with Gasteiger partial charge in [0.25, 0.3) is 0 Å². The lowest BCUT2D eigenvalue weighted by Gasteiger charge is -1.88. The Morgan fingerprint density at radius 2 is 2.57 bits per heavy atom. The molecule has 0 aliphatic carbocycles. The topological polar surface area (TPSA) is 12.4 Å². The van der Waals surface area contributed by atoms with Crippen molar-refractivity contribution < 1.29 is 0 Å². The summed E-state index contributed by atoms with van der Waals surface area (Å²) in [6.07, 6.45) is 3.64. The van der Waals surface area contributed by atoms with Crippen molar-refractivity contribution in [1.29, 1.82) is 0 Å². The van der Waals surface area contributed by atoms with Gasteiger partial charge in [-0.2, -0.15) is 0 Å². The van der Waals surface area contributed by atoms with E-state index in [1.165, 1.54) is 0 Å². The van der Waals surface area contributed by atoms with Crippen LogP contribution in [0.4, 0.5) is 0 Å². The first-order chi connectivity index (χ1) is 3.39. The SMILES string of the molecule is SC1=NC=CC=[SH]1. The number of aliphatic imine (C=N–C) groups is 1. The van der Waals surface area contributed by atoms with E-state index >= 15 is 0 Å². The molecule has 3 heteroatoms. The highest BCUT2D eigenvalue weighted by Crippen LogP contribution is 2.00. The summed E-state index contributed by atoms with van der Waals surface area (Å²) in [5, 5.41) is 2.00. The fraction of sp³-hybridized carbons (Fsp3) is 0. The molecule has 0 saturated heterocycles. The van der Waals surface area contributed by atoms with Gasteiger partial charge in [0, 0.05) is 6.20 Å². The van der Waals surface area contributed by atoms with Gasteiger partial charge in [0.1, 0.15) is 4.38 Å². The van der Waals surface area contributed by atoms with E-state index in [-0.39, 0.29) is 0 Å². The summed E-state index contributed by atoms with van der Waals surface area (Å²) >= 11 is 5.12. The fourth-order valence-corrected chi connectivity index (χ4v) is 0.988. The second kappa shape index (κ2) is 2.33.